The number of hydrogen-bond donors (Lipinski definition) is 1. The zero-order chi connectivity index (χ0) is 13.2. The van der Waals surface area contributed by atoms with Gasteiger partial charge in [0.1, 0.15) is 0 Å². The molecule has 2 aromatic rings. The summed E-state index contributed by atoms with van der Waals surface area (Å²) in [4.78, 5) is 2.52. The summed E-state index contributed by atoms with van der Waals surface area (Å²) in [7, 11) is 1.98. The maximum atomic E-state index is 4.29. The Bertz CT molecular complexity index is 560. The average Bonchev–Trinajstić information content (AvgIpc) is 2.80. The van der Waals surface area contributed by atoms with Gasteiger partial charge in [0.05, 0.1) is 11.7 Å². The van der Waals surface area contributed by atoms with E-state index < -0.39 is 0 Å². The zero-order valence-electron chi connectivity index (χ0n) is 11.8. The summed E-state index contributed by atoms with van der Waals surface area (Å²) in [5, 5.41) is 9.16. The summed E-state index contributed by atoms with van der Waals surface area (Å²) in [6.07, 6.45) is 4.49. The molecule has 1 aliphatic rings. The molecule has 4 heteroatoms. The number of benzene rings is 1. The van der Waals surface area contributed by atoms with Crippen LogP contribution in [0.25, 0.3) is 10.9 Å². The van der Waals surface area contributed by atoms with Crippen LogP contribution < -0.4 is 5.32 Å². The van der Waals surface area contributed by atoms with E-state index in [1.807, 2.05) is 17.9 Å². The largest absolute Gasteiger partial charge is 0.381 e. The average molecular weight is 258 g/mol. The van der Waals surface area contributed by atoms with Crippen LogP contribution in [-0.2, 0) is 7.05 Å². The molecule has 1 fully saturated rings. The molecule has 19 heavy (non-hydrogen) atoms. The van der Waals surface area contributed by atoms with E-state index in [-0.39, 0.29) is 0 Å². The Morgan fingerprint density at radius 1 is 1.42 bits per heavy atom. The second kappa shape index (κ2) is 5.21. The first-order valence-corrected chi connectivity index (χ1v) is 7.17. The minimum Gasteiger partial charge on any atom is -0.381 e. The molecule has 0 spiro atoms. The summed E-state index contributed by atoms with van der Waals surface area (Å²) in [5.41, 5.74) is 2.40. The van der Waals surface area contributed by atoms with Gasteiger partial charge >= 0.3 is 0 Å². The second-order valence-corrected chi connectivity index (χ2v) is 5.42. The number of likely N-dealkylation sites (tertiary alicyclic amines) is 1. The van der Waals surface area contributed by atoms with Gasteiger partial charge in [-0.2, -0.15) is 5.10 Å². The highest BCUT2D eigenvalue weighted by Gasteiger charge is 2.18. The van der Waals surface area contributed by atoms with E-state index in [1.54, 1.807) is 0 Å². The van der Waals surface area contributed by atoms with Crippen molar-refractivity contribution in [3.63, 3.8) is 0 Å². The highest BCUT2D eigenvalue weighted by molar-refractivity contribution is 5.82. The second-order valence-electron chi connectivity index (χ2n) is 5.42. The monoisotopic (exact) mass is 258 g/mol. The fraction of sp³-hybridized carbons (Fsp3) is 0.533. The number of anilines is 1. The first-order chi connectivity index (χ1) is 9.26. The quantitative estimate of drug-likeness (QED) is 0.918. The Kier molecular flexibility index (Phi) is 3.42. The lowest BCUT2D eigenvalue weighted by atomic mass is 10.1. The molecule has 0 aliphatic carbocycles. The van der Waals surface area contributed by atoms with Crippen LogP contribution in [0.4, 0.5) is 5.69 Å². The van der Waals surface area contributed by atoms with Gasteiger partial charge in [-0.05, 0) is 44.1 Å². The fourth-order valence-corrected chi connectivity index (χ4v) is 2.95. The minimum atomic E-state index is 0.572. The molecule has 0 bridgehead atoms. The Hall–Kier alpha value is -1.55. The molecule has 1 saturated heterocycles. The summed E-state index contributed by atoms with van der Waals surface area (Å²) < 4.78 is 1.92. The Balaban J connectivity index is 1.74. The van der Waals surface area contributed by atoms with Crippen LogP contribution in [0.5, 0.6) is 0 Å². The van der Waals surface area contributed by atoms with Crippen LogP contribution >= 0.6 is 0 Å². The molecule has 0 saturated carbocycles. The molecular formula is C15H22N4. The summed E-state index contributed by atoms with van der Waals surface area (Å²) >= 11 is 0. The molecule has 1 aromatic carbocycles. The van der Waals surface area contributed by atoms with Crippen LogP contribution in [0.15, 0.2) is 24.4 Å². The van der Waals surface area contributed by atoms with Crippen molar-refractivity contribution in [1.29, 1.82) is 0 Å². The number of nitrogens with one attached hydrogen (secondary N) is 1. The predicted octanol–water partition coefficient (Wildman–Crippen LogP) is 2.47. The number of likely N-dealkylation sites (N-methyl/N-ethyl adjacent to an activating group) is 1. The van der Waals surface area contributed by atoms with Gasteiger partial charge < -0.3 is 10.2 Å². The van der Waals surface area contributed by atoms with E-state index in [4.69, 9.17) is 0 Å². The van der Waals surface area contributed by atoms with Crippen LogP contribution in [0.3, 0.4) is 0 Å². The van der Waals surface area contributed by atoms with Crippen molar-refractivity contribution in [2.24, 2.45) is 7.05 Å². The third-order valence-corrected chi connectivity index (χ3v) is 4.07. The molecule has 2 heterocycles. The highest BCUT2D eigenvalue weighted by atomic mass is 15.2. The molecular weight excluding hydrogens is 236 g/mol. The third-order valence-electron chi connectivity index (χ3n) is 4.07. The van der Waals surface area contributed by atoms with Crippen molar-refractivity contribution in [3.8, 4) is 0 Å². The maximum Gasteiger partial charge on any atom is 0.0680 e. The standard InChI is InChI=1S/C15H22N4/c1-3-19-8-4-5-14(11-19)17-13-6-7-15-12(9-13)10-16-18(15)2/h6-7,9-10,14,17H,3-5,8,11H2,1-2H3. The molecule has 1 N–H and O–H groups in total. The van der Waals surface area contributed by atoms with E-state index in [1.165, 1.54) is 36.0 Å². The van der Waals surface area contributed by atoms with Crippen molar-refractivity contribution in [1.82, 2.24) is 14.7 Å². The van der Waals surface area contributed by atoms with Crippen molar-refractivity contribution < 1.29 is 0 Å². The van der Waals surface area contributed by atoms with E-state index in [2.05, 4.69) is 40.4 Å². The van der Waals surface area contributed by atoms with Crippen LogP contribution in [0.1, 0.15) is 19.8 Å². The lowest BCUT2D eigenvalue weighted by Gasteiger charge is -2.32. The summed E-state index contributed by atoms with van der Waals surface area (Å²) in [6.45, 7) is 5.79. The van der Waals surface area contributed by atoms with Gasteiger partial charge in [0.25, 0.3) is 0 Å². The molecule has 0 radical (unpaired) electrons. The highest BCUT2D eigenvalue weighted by Crippen LogP contribution is 2.21. The van der Waals surface area contributed by atoms with E-state index >= 15 is 0 Å². The lowest BCUT2D eigenvalue weighted by Crippen LogP contribution is -2.41. The van der Waals surface area contributed by atoms with Gasteiger partial charge in [-0.1, -0.05) is 6.92 Å². The molecule has 1 aliphatic heterocycles. The van der Waals surface area contributed by atoms with Crippen molar-refractivity contribution in [2.45, 2.75) is 25.8 Å². The van der Waals surface area contributed by atoms with Crippen LogP contribution in [0.2, 0.25) is 0 Å². The Morgan fingerprint density at radius 3 is 3.16 bits per heavy atom. The van der Waals surface area contributed by atoms with E-state index in [0.29, 0.717) is 6.04 Å². The van der Waals surface area contributed by atoms with Gasteiger partial charge in [-0.25, -0.2) is 0 Å². The molecule has 1 aromatic heterocycles. The van der Waals surface area contributed by atoms with Gasteiger partial charge in [-0.15, -0.1) is 0 Å². The summed E-state index contributed by atoms with van der Waals surface area (Å²) in [6, 6.07) is 7.08. The third kappa shape index (κ3) is 2.59. The van der Waals surface area contributed by atoms with Crippen LogP contribution in [-0.4, -0.2) is 40.4 Å². The summed E-state index contributed by atoms with van der Waals surface area (Å²) in [5.74, 6) is 0. The van der Waals surface area contributed by atoms with E-state index in [0.717, 1.165) is 13.1 Å². The molecule has 4 nitrogen and oxygen atoms in total. The number of nitrogens with zero attached hydrogens (tertiary/aromatic N) is 3. The molecule has 1 atom stereocenters. The number of aromatic nitrogens is 2. The van der Waals surface area contributed by atoms with E-state index in [9.17, 15) is 0 Å². The van der Waals surface area contributed by atoms with Gasteiger partial charge in [0.2, 0.25) is 0 Å². The fourth-order valence-electron chi connectivity index (χ4n) is 2.95. The van der Waals surface area contributed by atoms with Crippen molar-refractivity contribution in [2.75, 3.05) is 25.0 Å². The smallest absolute Gasteiger partial charge is 0.0680 e. The SMILES string of the molecule is CCN1CCCC(Nc2ccc3c(cnn3C)c2)C1. The number of rotatable bonds is 3. The number of fused-ring (bicyclic) bond motifs is 1. The molecule has 102 valence electrons. The topological polar surface area (TPSA) is 33.1 Å². The minimum absolute atomic E-state index is 0.572. The van der Waals surface area contributed by atoms with Crippen molar-refractivity contribution >= 4 is 16.6 Å². The number of piperidine rings is 1. The van der Waals surface area contributed by atoms with Crippen LogP contribution in [0, 0.1) is 0 Å². The normalized spacial score (nSPS) is 20.8. The first-order valence-electron chi connectivity index (χ1n) is 7.17. The van der Waals surface area contributed by atoms with Crippen molar-refractivity contribution in [3.05, 3.63) is 24.4 Å². The van der Waals surface area contributed by atoms with Gasteiger partial charge in [0, 0.05) is 30.7 Å². The zero-order valence-corrected chi connectivity index (χ0v) is 11.8. The van der Waals surface area contributed by atoms with Gasteiger partial charge in [0.15, 0.2) is 0 Å². The van der Waals surface area contributed by atoms with Gasteiger partial charge in [-0.3, -0.25) is 4.68 Å². The first kappa shape index (κ1) is 12.5. The molecule has 0 amide bonds. The molecule has 3 rings (SSSR count). The number of aryl methyl sites for hydroxylation is 1. The Labute approximate surface area is 114 Å². The predicted molar refractivity (Wildman–Crippen MR) is 79.5 cm³/mol. The maximum absolute atomic E-state index is 4.29. The lowest BCUT2D eigenvalue weighted by molar-refractivity contribution is 0.227. The Morgan fingerprint density at radius 2 is 2.32 bits per heavy atom. The number of hydrogen-bond acceptors (Lipinski definition) is 3. The molecule has 1 unspecified atom stereocenters.